The van der Waals surface area contributed by atoms with E-state index in [1.165, 1.54) is 0 Å². The van der Waals surface area contributed by atoms with Gasteiger partial charge < -0.3 is 15.0 Å². The molecule has 0 aliphatic rings. The van der Waals surface area contributed by atoms with Gasteiger partial charge >= 0.3 is 0 Å². The molecule has 0 atom stereocenters. The van der Waals surface area contributed by atoms with Gasteiger partial charge in [0.1, 0.15) is 11.6 Å². The number of aromatic nitrogens is 1. The molecule has 0 spiro atoms. The maximum absolute atomic E-state index is 12.5. The number of nitrogens with one attached hydrogen (secondary N) is 1. The van der Waals surface area contributed by atoms with E-state index in [0.29, 0.717) is 12.3 Å². The van der Waals surface area contributed by atoms with Gasteiger partial charge in [0, 0.05) is 32.4 Å². The van der Waals surface area contributed by atoms with Crippen LogP contribution in [-0.4, -0.2) is 30.6 Å². The van der Waals surface area contributed by atoms with Crippen LogP contribution >= 0.6 is 0 Å². The molecule has 0 aliphatic carbocycles. The Morgan fingerprint density at radius 3 is 2.67 bits per heavy atom. The van der Waals surface area contributed by atoms with Crippen LogP contribution in [-0.2, 0) is 11.3 Å². The highest BCUT2D eigenvalue weighted by atomic mass is 16.5. The lowest BCUT2D eigenvalue weighted by Crippen LogP contribution is -2.46. The van der Waals surface area contributed by atoms with E-state index in [2.05, 4.69) is 10.3 Å². The Bertz CT molecular complexity index is 711. The first kappa shape index (κ1) is 17.8. The molecule has 0 saturated heterocycles. The van der Waals surface area contributed by atoms with E-state index < -0.39 is 5.60 Å². The van der Waals surface area contributed by atoms with Crippen LogP contribution in [0.1, 0.15) is 25.0 Å². The van der Waals surface area contributed by atoms with Crippen molar-refractivity contribution in [1.29, 1.82) is 0 Å². The number of pyridine rings is 1. The van der Waals surface area contributed by atoms with Crippen molar-refractivity contribution in [3.8, 4) is 5.75 Å². The van der Waals surface area contributed by atoms with Gasteiger partial charge in [-0.3, -0.25) is 4.79 Å². The van der Waals surface area contributed by atoms with Crippen LogP contribution in [0.2, 0.25) is 0 Å². The first-order chi connectivity index (χ1) is 11.3. The number of rotatable bonds is 6. The van der Waals surface area contributed by atoms with Crippen LogP contribution in [0.25, 0.3) is 0 Å². The monoisotopic (exact) mass is 327 g/mol. The number of amides is 1. The Labute approximate surface area is 143 Å². The van der Waals surface area contributed by atoms with Crippen LogP contribution in [0, 0.1) is 6.92 Å². The highest BCUT2D eigenvalue weighted by Crippen LogP contribution is 2.20. The lowest BCUT2D eigenvalue weighted by molar-refractivity contribution is -0.134. The van der Waals surface area contributed by atoms with E-state index in [9.17, 15) is 4.79 Å². The van der Waals surface area contributed by atoms with Gasteiger partial charge in [-0.1, -0.05) is 18.2 Å². The van der Waals surface area contributed by atoms with E-state index in [1.54, 1.807) is 20.0 Å². The van der Waals surface area contributed by atoms with Crippen molar-refractivity contribution in [2.45, 2.75) is 32.9 Å². The topological polar surface area (TPSA) is 54.5 Å². The van der Waals surface area contributed by atoms with Crippen LogP contribution in [0.5, 0.6) is 5.75 Å². The zero-order valence-electron chi connectivity index (χ0n) is 15.0. The van der Waals surface area contributed by atoms with Crippen molar-refractivity contribution in [2.24, 2.45) is 0 Å². The average Bonchev–Trinajstić information content (AvgIpc) is 2.52. The summed E-state index contributed by atoms with van der Waals surface area (Å²) in [6.45, 7) is 5.92. The number of anilines is 1. The zero-order chi connectivity index (χ0) is 17.7. The number of aryl methyl sites for hydroxylation is 1. The molecule has 1 aromatic heterocycles. The van der Waals surface area contributed by atoms with Crippen LogP contribution in [0.4, 0.5) is 5.82 Å². The second kappa shape index (κ2) is 7.34. The molecule has 0 aliphatic heterocycles. The van der Waals surface area contributed by atoms with E-state index >= 15 is 0 Å². The summed E-state index contributed by atoms with van der Waals surface area (Å²) in [4.78, 5) is 18.8. The second-order valence-corrected chi connectivity index (χ2v) is 6.49. The fourth-order valence-electron chi connectivity index (χ4n) is 2.38. The largest absolute Gasteiger partial charge is 0.478 e. The SMILES string of the molecule is Cc1cccc(OC(C)(C)C(=O)NCc2cccnc2N(C)C)c1. The minimum absolute atomic E-state index is 0.169. The predicted octanol–water partition coefficient (Wildman–Crippen LogP) is 2.93. The highest BCUT2D eigenvalue weighted by molar-refractivity contribution is 5.84. The van der Waals surface area contributed by atoms with Gasteiger partial charge in [-0.05, 0) is 44.5 Å². The molecule has 0 saturated carbocycles. The molecule has 1 amide bonds. The maximum atomic E-state index is 12.5. The third kappa shape index (κ3) is 4.47. The molecule has 128 valence electrons. The first-order valence-corrected chi connectivity index (χ1v) is 7.95. The Hall–Kier alpha value is -2.56. The highest BCUT2D eigenvalue weighted by Gasteiger charge is 2.30. The molecule has 1 N–H and O–H groups in total. The van der Waals surface area contributed by atoms with E-state index in [-0.39, 0.29) is 5.91 Å². The second-order valence-electron chi connectivity index (χ2n) is 6.49. The number of hydrogen-bond donors (Lipinski definition) is 1. The van der Waals surface area contributed by atoms with Gasteiger partial charge in [0.05, 0.1) is 0 Å². The molecule has 0 fully saturated rings. The third-order valence-electron chi connectivity index (χ3n) is 3.64. The molecule has 5 nitrogen and oxygen atoms in total. The molecule has 2 aromatic rings. The number of ether oxygens (including phenoxy) is 1. The molecule has 0 unspecified atom stereocenters. The molecular weight excluding hydrogens is 302 g/mol. The number of benzene rings is 1. The Balaban J connectivity index is 2.03. The molecule has 0 radical (unpaired) electrons. The van der Waals surface area contributed by atoms with Crippen LogP contribution < -0.4 is 15.0 Å². The lowest BCUT2D eigenvalue weighted by Gasteiger charge is -2.26. The summed E-state index contributed by atoms with van der Waals surface area (Å²) in [6.07, 6.45) is 1.74. The van der Waals surface area contributed by atoms with Gasteiger partial charge in [-0.25, -0.2) is 4.98 Å². The Kier molecular flexibility index (Phi) is 5.44. The Morgan fingerprint density at radius 1 is 1.25 bits per heavy atom. The van der Waals surface area contributed by atoms with Crippen LogP contribution in [0.3, 0.4) is 0 Å². The van der Waals surface area contributed by atoms with Crippen molar-refractivity contribution in [1.82, 2.24) is 10.3 Å². The molecule has 0 bridgehead atoms. The molecule has 1 heterocycles. The Morgan fingerprint density at radius 2 is 2.00 bits per heavy atom. The summed E-state index contributed by atoms with van der Waals surface area (Å²) in [5.74, 6) is 1.36. The number of nitrogens with zero attached hydrogens (tertiary/aromatic N) is 2. The smallest absolute Gasteiger partial charge is 0.263 e. The van der Waals surface area contributed by atoms with Crippen LogP contribution in [0.15, 0.2) is 42.6 Å². The van der Waals surface area contributed by atoms with Gasteiger partial charge in [0.2, 0.25) is 0 Å². The van der Waals surface area contributed by atoms with Gasteiger partial charge in [-0.2, -0.15) is 0 Å². The standard InChI is InChI=1S/C19H25N3O2/c1-14-8-6-10-16(12-14)24-19(2,3)18(23)21-13-15-9-7-11-20-17(15)22(4)5/h6-12H,13H2,1-5H3,(H,21,23). The number of hydrogen-bond acceptors (Lipinski definition) is 4. The maximum Gasteiger partial charge on any atom is 0.263 e. The number of carbonyl (C=O) groups is 1. The van der Waals surface area contributed by atoms with Gasteiger partial charge in [0.15, 0.2) is 5.60 Å². The van der Waals surface area contributed by atoms with Crippen molar-refractivity contribution in [3.05, 3.63) is 53.7 Å². The number of carbonyl (C=O) groups excluding carboxylic acids is 1. The zero-order valence-corrected chi connectivity index (χ0v) is 15.0. The quantitative estimate of drug-likeness (QED) is 0.886. The summed E-state index contributed by atoms with van der Waals surface area (Å²) in [5, 5.41) is 2.94. The summed E-state index contributed by atoms with van der Waals surface area (Å²) in [5.41, 5.74) is 1.09. The van der Waals surface area contributed by atoms with Crippen molar-refractivity contribution >= 4 is 11.7 Å². The van der Waals surface area contributed by atoms with Crippen molar-refractivity contribution in [3.63, 3.8) is 0 Å². The lowest BCUT2D eigenvalue weighted by atomic mass is 10.1. The predicted molar refractivity (Wildman–Crippen MR) is 96.3 cm³/mol. The molecule has 2 rings (SSSR count). The summed E-state index contributed by atoms with van der Waals surface area (Å²) in [7, 11) is 3.86. The molecular formula is C19H25N3O2. The first-order valence-electron chi connectivity index (χ1n) is 7.95. The van der Waals surface area contributed by atoms with Gasteiger partial charge in [0.25, 0.3) is 5.91 Å². The molecule has 1 aromatic carbocycles. The minimum atomic E-state index is -0.964. The summed E-state index contributed by atoms with van der Waals surface area (Å²) >= 11 is 0. The van der Waals surface area contributed by atoms with E-state index in [4.69, 9.17) is 4.74 Å². The summed E-state index contributed by atoms with van der Waals surface area (Å²) in [6, 6.07) is 11.5. The van der Waals surface area contributed by atoms with E-state index in [1.807, 2.05) is 62.3 Å². The molecule has 5 heteroatoms. The minimum Gasteiger partial charge on any atom is -0.478 e. The van der Waals surface area contributed by atoms with Crippen molar-refractivity contribution in [2.75, 3.05) is 19.0 Å². The van der Waals surface area contributed by atoms with Gasteiger partial charge in [-0.15, -0.1) is 0 Å². The fraction of sp³-hybridized carbons (Fsp3) is 0.368. The fourth-order valence-corrected chi connectivity index (χ4v) is 2.38. The summed E-state index contributed by atoms with van der Waals surface area (Å²) < 4.78 is 5.87. The third-order valence-corrected chi connectivity index (χ3v) is 3.64. The van der Waals surface area contributed by atoms with E-state index in [0.717, 1.165) is 16.9 Å². The molecule has 24 heavy (non-hydrogen) atoms. The average molecular weight is 327 g/mol. The van der Waals surface area contributed by atoms with Crippen molar-refractivity contribution < 1.29 is 9.53 Å². The normalized spacial score (nSPS) is 11.0.